The molecule has 0 fully saturated rings. The summed E-state index contributed by atoms with van der Waals surface area (Å²) >= 11 is 1.38. The number of hydrogen-bond donors (Lipinski definition) is 0. The molecule has 0 heterocycles. The Bertz CT molecular complexity index is 6.85. The van der Waals surface area contributed by atoms with Gasteiger partial charge in [-0.25, -0.2) is 0 Å². The van der Waals surface area contributed by atoms with Gasteiger partial charge in [0.2, 0.25) is 0 Å². The first-order valence-electron chi connectivity index (χ1n) is 0.167. The molecule has 0 aromatic rings. The molecular formula is H3Cl3CrO. The zero-order valence-corrected chi connectivity index (χ0v) is 5.77. The molecule has 0 spiro atoms. The van der Waals surface area contributed by atoms with Crippen LogP contribution in [0.25, 0.3) is 0 Å². The van der Waals surface area contributed by atoms with Crippen molar-refractivity contribution in [2.75, 3.05) is 0 Å². The van der Waals surface area contributed by atoms with Crippen molar-refractivity contribution in [1.29, 1.82) is 0 Å². The molecule has 5 heavy (non-hydrogen) atoms. The van der Waals surface area contributed by atoms with E-state index >= 15 is 0 Å². The summed E-state index contributed by atoms with van der Waals surface area (Å²) in [7, 11) is 0. The van der Waals surface area contributed by atoms with E-state index in [0.29, 0.717) is 0 Å². The molecule has 0 radical (unpaired) electrons. The summed E-state index contributed by atoms with van der Waals surface area (Å²) in [6.45, 7) is 0. The Balaban J connectivity index is -0.00000000167. The van der Waals surface area contributed by atoms with Gasteiger partial charge < -0.3 is 0 Å². The molecule has 0 aliphatic carbocycles. The summed E-state index contributed by atoms with van der Waals surface area (Å²) in [5.74, 6) is 0. The molecule has 0 N–H and O–H groups in total. The maximum absolute atomic E-state index is 8.12. The van der Waals surface area contributed by atoms with Crippen LogP contribution in [0, 0.1) is 0 Å². The van der Waals surface area contributed by atoms with Crippen molar-refractivity contribution in [3.05, 3.63) is 0 Å². The van der Waals surface area contributed by atoms with Gasteiger partial charge in [0, 0.05) is 0 Å². The van der Waals surface area contributed by atoms with Gasteiger partial charge in [0.1, 0.15) is 0 Å². The number of halogens is 3. The fourth-order valence-corrected chi connectivity index (χ4v) is 0. The van der Waals surface area contributed by atoms with Crippen molar-refractivity contribution in [3.8, 4) is 0 Å². The van der Waals surface area contributed by atoms with E-state index in [1.807, 2.05) is 0 Å². The monoisotopic (exact) mass is 176 g/mol. The molecule has 36 valence electrons. The van der Waals surface area contributed by atoms with Gasteiger partial charge in [-0.1, -0.05) is 0 Å². The molecule has 1 nitrogen and oxygen atoms in total. The van der Waals surface area contributed by atoms with Gasteiger partial charge in [0.05, 0.1) is 0 Å². The zero-order valence-electron chi connectivity index (χ0n) is 2.04. The minimum absolute atomic E-state index is 0. The van der Waals surface area contributed by atoms with Crippen molar-refractivity contribution >= 4 is 37.2 Å². The quantitative estimate of drug-likeness (QED) is 0.542. The summed E-state index contributed by atoms with van der Waals surface area (Å²) < 4.78 is 8.12. The van der Waals surface area contributed by atoms with Crippen LogP contribution < -0.4 is 0 Å². The Morgan fingerprint density at radius 1 is 0.800 bits per heavy atom. The molecule has 0 aliphatic heterocycles. The first-order chi connectivity index (χ1) is 1.00. The molecule has 0 saturated carbocycles. The summed E-state index contributed by atoms with van der Waals surface area (Å²) in [6, 6.07) is 0. The van der Waals surface area contributed by atoms with Gasteiger partial charge in [-0.2, -0.15) is 0 Å². The van der Waals surface area contributed by atoms with E-state index in [1.54, 1.807) is 0 Å². The normalized spacial score (nSPS) is 0.800. The molecule has 5 heteroatoms. The second-order valence-electron chi connectivity index (χ2n) is 0. The summed E-state index contributed by atoms with van der Waals surface area (Å²) in [4.78, 5) is 0. The van der Waals surface area contributed by atoms with Crippen LogP contribution in [0.5, 0.6) is 0 Å². The first-order valence-corrected chi connectivity index (χ1v) is 0.687. The van der Waals surface area contributed by atoms with Crippen LogP contribution in [0.1, 0.15) is 0 Å². The van der Waals surface area contributed by atoms with Gasteiger partial charge in [0.25, 0.3) is 0 Å². The summed E-state index contributed by atoms with van der Waals surface area (Å²) in [6.07, 6.45) is 0. The second-order valence-corrected chi connectivity index (χ2v) is 0. The van der Waals surface area contributed by atoms with E-state index in [9.17, 15) is 0 Å². The molecule has 0 rings (SSSR count). The van der Waals surface area contributed by atoms with Crippen LogP contribution in [0.4, 0.5) is 0 Å². The fourth-order valence-electron chi connectivity index (χ4n) is 0. The predicted octanol–water partition coefficient (Wildman–Crippen LogP) is 1.14. The molecule has 0 unspecified atom stereocenters. The van der Waals surface area contributed by atoms with Gasteiger partial charge in [-0.15, -0.1) is 37.2 Å². The summed E-state index contributed by atoms with van der Waals surface area (Å²) in [5, 5.41) is 0. The molecule has 0 aromatic heterocycles. The fraction of sp³-hybridized carbons (Fsp3) is 0. The molecule has 0 aromatic carbocycles. The van der Waals surface area contributed by atoms with E-state index < -0.39 is 0 Å². The molecular weight excluding hydrogens is 174 g/mol. The Hall–Kier alpha value is 1.20. The van der Waals surface area contributed by atoms with Crippen molar-refractivity contribution in [2.45, 2.75) is 0 Å². The van der Waals surface area contributed by atoms with E-state index in [0.717, 1.165) is 0 Å². The molecule has 0 saturated heterocycles. The van der Waals surface area contributed by atoms with E-state index in [-0.39, 0.29) is 37.2 Å². The Kier molecular flexibility index (Phi) is 440. The SMILES string of the molecule is Cl.Cl.Cl.[O]=[Cr]. The molecule has 0 atom stereocenters. The van der Waals surface area contributed by atoms with Gasteiger partial charge in [-0.05, 0) is 0 Å². The van der Waals surface area contributed by atoms with Crippen molar-refractivity contribution in [3.63, 3.8) is 0 Å². The van der Waals surface area contributed by atoms with Crippen molar-refractivity contribution in [1.82, 2.24) is 0 Å². The van der Waals surface area contributed by atoms with Crippen molar-refractivity contribution in [2.24, 2.45) is 0 Å². The minimum atomic E-state index is 0. The second kappa shape index (κ2) is 63.5. The van der Waals surface area contributed by atoms with Crippen molar-refractivity contribution < 1.29 is 20.0 Å². The Labute approximate surface area is 57.4 Å². The average molecular weight is 177 g/mol. The van der Waals surface area contributed by atoms with E-state index in [1.165, 1.54) is 16.2 Å². The van der Waals surface area contributed by atoms with Crippen LogP contribution in [0.3, 0.4) is 0 Å². The standard InChI is InChI=1S/3ClH.Cr.O/h3*1H;;. The Morgan fingerprint density at radius 2 is 0.800 bits per heavy atom. The third-order valence-corrected chi connectivity index (χ3v) is 0. The van der Waals surface area contributed by atoms with Gasteiger partial charge >= 0.3 is 20.0 Å². The third kappa shape index (κ3) is 36.9. The molecule has 0 aliphatic rings. The first kappa shape index (κ1) is 34.6. The molecule has 0 bridgehead atoms. The topological polar surface area (TPSA) is 17.1 Å². The van der Waals surface area contributed by atoms with Gasteiger partial charge in [0.15, 0.2) is 0 Å². The average Bonchev–Trinajstić information content (AvgIpc) is 1.00. The van der Waals surface area contributed by atoms with Crippen LogP contribution in [-0.2, 0) is 20.0 Å². The number of rotatable bonds is 0. The third-order valence-electron chi connectivity index (χ3n) is 0. The zero-order chi connectivity index (χ0) is 2.00. The predicted molar refractivity (Wildman–Crippen MR) is 22.4 cm³/mol. The number of hydrogen-bond acceptors (Lipinski definition) is 1. The van der Waals surface area contributed by atoms with Crippen LogP contribution in [0.2, 0.25) is 0 Å². The summed E-state index contributed by atoms with van der Waals surface area (Å²) in [5.41, 5.74) is 0. The van der Waals surface area contributed by atoms with Crippen LogP contribution >= 0.6 is 37.2 Å². The Morgan fingerprint density at radius 3 is 0.800 bits per heavy atom. The van der Waals surface area contributed by atoms with Gasteiger partial charge in [-0.3, -0.25) is 0 Å². The maximum atomic E-state index is 8.12. The molecule has 0 amide bonds. The van der Waals surface area contributed by atoms with E-state index in [4.69, 9.17) is 3.80 Å². The van der Waals surface area contributed by atoms with Crippen LogP contribution in [-0.4, -0.2) is 0 Å². The van der Waals surface area contributed by atoms with Crippen LogP contribution in [0.15, 0.2) is 0 Å². The van der Waals surface area contributed by atoms with E-state index in [2.05, 4.69) is 0 Å².